The van der Waals surface area contributed by atoms with Gasteiger partial charge in [-0.15, -0.1) is 0 Å². The van der Waals surface area contributed by atoms with Gasteiger partial charge in [0.1, 0.15) is 4.90 Å². The Bertz CT molecular complexity index is 498. The average molecular weight is 300 g/mol. The molecule has 0 saturated carbocycles. The number of hydrogen-bond acceptors (Lipinski definition) is 4. The van der Waals surface area contributed by atoms with Crippen LogP contribution in [0.4, 0.5) is 0 Å². The van der Waals surface area contributed by atoms with E-state index in [2.05, 4.69) is 29.4 Å². The molecule has 0 aromatic carbocycles. The smallest absolute Gasteiger partial charge is 0.246 e. The summed E-state index contributed by atoms with van der Waals surface area (Å²) < 4.78 is 26.8. The van der Waals surface area contributed by atoms with E-state index >= 15 is 0 Å². The van der Waals surface area contributed by atoms with Crippen LogP contribution in [0.15, 0.2) is 17.3 Å². The molecule has 2 heterocycles. The highest BCUT2D eigenvalue weighted by molar-refractivity contribution is 7.89. The van der Waals surface area contributed by atoms with Crippen LogP contribution in [0.3, 0.4) is 0 Å². The molecular formula is C13H24N4O2S. The Kier molecular flexibility index (Phi) is 5.17. The molecule has 1 aliphatic rings. The van der Waals surface area contributed by atoms with Crippen LogP contribution < -0.4 is 5.32 Å². The van der Waals surface area contributed by atoms with Gasteiger partial charge in [-0.25, -0.2) is 8.42 Å². The van der Waals surface area contributed by atoms with Crippen LogP contribution in [0.2, 0.25) is 0 Å². The number of H-pyrrole nitrogens is 1. The molecule has 1 aliphatic heterocycles. The summed E-state index contributed by atoms with van der Waals surface area (Å²) in [6.45, 7) is 6.52. The first-order chi connectivity index (χ1) is 9.51. The van der Waals surface area contributed by atoms with Gasteiger partial charge in [0.05, 0.1) is 6.20 Å². The fourth-order valence-corrected chi connectivity index (χ4v) is 4.15. The molecule has 6 nitrogen and oxygen atoms in total. The van der Waals surface area contributed by atoms with E-state index in [4.69, 9.17) is 0 Å². The summed E-state index contributed by atoms with van der Waals surface area (Å²) >= 11 is 0. The summed E-state index contributed by atoms with van der Waals surface area (Å²) in [5, 5.41) is 9.70. The second-order valence-corrected chi connectivity index (χ2v) is 7.64. The van der Waals surface area contributed by atoms with Crippen molar-refractivity contribution in [3.63, 3.8) is 0 Å². The van der Waals surface area contributed by atoms with Gasteiger partial charge in [-0.2, -0.15) is 9.40 Å². The highest BCUT2D eigenvalue weighted by Gasteiger charge is 2.33. The number of sulfonamides is 1. The number of aromatic amines is 1. The van der Waals surface area contributed by atoms with Gasteiger partial charge in [-0.3, -0.25) is 5.10 Å². The number of nitrogens with one attached hydrogen (secondary N) is 2. The lowest BCUT2D eigenvalue weighted by Crippen LogP contribution is -2.48. The standard InChI is InChI=1S/C13H24N4O2S/c1-11(2)7-14-8-12-5-3-4-6-17(12)20(18,19)13-9-15-16-10-13/h9-12,14H,3-8H2,1-2H3,(H,15,16). The van der Waals surface area contributed by atoms with E-state index in [1.807, 2.05) is 0 Å². The summed E-state index contributed by atoms with van der Waals surface area (Å²) in [6, 6.07) is 0.0439. The predicted octanol–water partition coefficient (Wildman–Crippen LogP) is 1.20. The van der Waals surface area contributed by atoms with Crippen molar-refractivity contribution in [2.24, 2.45) is 5.92 Å². The van der Waals surface area contributed by atoms with Crippen molar-refractivity contribution in [2.45, 2.75) is 44.0 Å². The Morgan fingerprint density at radius 3 is 2.95 bits per heavy atom. The minimum Gasteiger partial charge on any atom is -0.315 e. The van der Waals surface area contributed by atoms with Crippen molar-refractivity contribution in [2.75, 3.05) is 19.6 Å². The van der Waals surface area contributed by atoms with E-state index in [-0.39, 0.29) is 10.9 Å². The molecule has 0 aliphatic carbocycles. The van der Waals surface area contributed by atoms with E-state index in [1.165, 1.54) is 12.4 Å². The third-order valence-electron chi connectivity index (χ3n) is 3.59. The van der Waals surface area contributed by atoms with Gasteiger partial charge in [0, 0.05) is 25.3 Å². The van der Waals surface area contributed by atoms with Crippen LogP contribution in [0, 0.1) is 5.92 Å². The molecule has 0 radical (unpaired) electrons. The molecule has 2 rings (SSSR count). The lowest BCUT2D eigenvalue weighted by molar-refractivity contribution is 0.244. The van der Waals surface area contributed by atoms with Crippen molar-refractivity contribution in [1.29, 1.82) is 0 Å². The number of piperidine rings is 1. The van der Waals surface area contributed by atoms with Gasteiger partial charge >= 0.3 is 0 Å². The summed E-state index contributed by atoms with van der Waals surface area (Å²) in [6.07, 6.45) is 5.76. The van der Waals surface area contributed by atoms with Crippen LogP contribution in [0.25, 0.3) is 0 Å². The van der Waals surface area contributed by atoms with Gasteiger partial charge in [-0.1, -0.05) is 20.3 Å². The maximum Gasteiger partial charge on any atom is 0.246 e. The van der Waals surface area contributed by atoms with Crippen LogP contribution in [0.5, 0.6) is 0 Å². The van der Waals surface area contributed by atoms with Crippen LogP contribution in [-0.2, 0) is 10.0 Å². The van der Waals surface area contributed by atoms with Crippen molar-refractivity contribution in [1.82, 2.24) is 19.8 Å². The van der Waals surface area contributed by atoms with Gasteiger partial charge < -0.3 is 5.32 Å². The first-order valence-electron chi connectivity index (χ1n) is 7.23. The minimum absolute atomic E-state index is 0.0439. The molecule has 0 spiro atoms. The fraction of sp³-hybridized carbons (Fsp3) is 0.769. The molecule has 2 N–H and O–H groups in total. The molecule has 1 aromatic heterocycles. The summed E-state index contributed by atoms with van der Waals surface area (Å²) in [4.78, 5) is 0.258. The Morgan fingerprint density at radius 2 is 2.30 bits per heavy atom. The van der Waals surface area contributed by atoms with E-state index in [0.717, 1.165) is 32.4 Å². The van der Waals surface area contributed by atoms with E-state index in [1.54, 1.807) is 4.31 Å². The molecule has 114 valence electrons. The van der Waals surface area contributed by atoms with Gasteiger partial charge in [0.25, 0.3) is 0 Å². The molecule has 1 atom stereocenters. The summed E-state index contributed by atoms with van der Waals surface area (Å²) in [5.41, 5.74) is 0. The zero-order chi connectivity index (χ0) is 14.6. The van der Waals surface area contributed by atoms with Crippen molar-refractivity contribution >= 4 is 10.0 Å². The topological polar surface area (TPSA) is 78.1 Å². The molecule has 1 unspecified atom stereocenters. The van der Waals surface area contributed by atoms with Crippen molar-refractivity contribution in [3.8, 4) is 0 Å². The van der Waals surface area contributed by atoms with Crippen LogP contribution in [-0.4, -0.2) is 48.6 Å². The first kappa shape index (κ1) is 15.5. The highest BCUT2D eigenvalue weighted by atomic mass is 32.2. The number of nitrogens with zero attached hydrogens (tertiary/aromatic N) is 2. The predicted molar refractivity (Wildman–Crippen MR) is 77.8 cm³/mol. The third-order valence-corrected chi connectivity index (χ3v) is 5.50. The molecule has 1 saturated heterocycles. The van der Waals surface area contributed by atoms with Crippen molar-refractivity contribution < 1.29 is 8.42 Å². The third kappa shape index (κ3) is 3.59. The van der Waals surface area contributed by atoms with Gasteiger partial charge in [-0.05, 0) is 25.3 Å². The molecule has 20 heavy (non-hydrogen) atoms. The first-order valence-corrected chi connectivity index (χ1v) is 8.67. The number of hydrogen-bond donors (Lipinski definition) is 2. The Morgan fingerprint density at radius 1 is 1.50 bits per heavy atom. The minimum atomic E-state index is -3.42. The maximum absolute atomic E-state index is 12.6. The zero-order valence-electron chi connectivity index (χ0n) is 12.2. The summed E-state index contributed by atoms with van der Waals surface area (Å²) in [7, 11) is -3.42. The second kappa shape index (κ2) is 6.69. The quantitative estimate of drug-likeness (QED) is 0.827. The fourth-order valence-electron chi connectivity index (χ4n) is 2.55. The number of rotatable bonds is 6. The Balaban J connectivity index is 2.07. The van der Waals surface area contributed by atoms with Gasteiger partial charge in [0.15, 0.2) is 0 Å². The monoisotopic (exact) mass is 300 g/mol. The molecular weight excluding hydrogens is 276 g/mol. The number of aromatic nitrogens is 2. The molecule has 7 heteroatoms. The summed E-state index contributed by atoms with van der Waals surface area (Å²) in [5.74, 6) is 0.567. The average Bonchev–Trinajstić information content (AvgIpc) is 2.93. The zero-order valence-corrected chi connectivity index (χ0v) is 13.0. The normalized spacial score (nSPS) is 21.4. The molecule has 1 fully saturated rings. The maximum atomic E-state index is 12.6. The largest absolute Gasteiger partial charge is 0.315 e. The van der Waals surface area contributed by atoms with Crippen LogP contribution >= 0.6 is 0 Å². The lowest BCUT2D eigenvalue weighted by Gasteiger charge is -2.34. The van der Waals surface area contributed by atoms with Crippen LogP contribution in [0.1, 0.15) is 33.1 Å². The lowest BCUT2D eigenvalue weighted by atomic mass is 10.0. The SMILES string of the molecule is CC(C)CNCC1CCCCN1S(=O)(=O)c1cn[nH]c1. The van der Waals surface area contributed by atoms with E-state index in [9.17, 15) is 8.42 Å². The van der Waals surface area contributed by atoms with E-state index in [0.29, 0.717) is 12.5 Å². The van der Waals surface area contributed by atoms with Crippen molar-refractivity contribution in [3.05, 3.63) is 12.4 Å². The van der Waals surface area contributed by atoms with Gasteiger partial charge in [0.2, 0.25) is 10.0 Å². The molecule has 0 amide bonds. The van der Waals surface area contributed by atoms with E-state index < -0.39 is 10.0 Å². The molecule has 0 bridgehead atoms. The molecule has 1 aromatic rings. The Hall–Kier alpha value is -0.920. The Labute approximate surface area is 121 Å². The highest BCUT2D eigenvalue weighted by Crippen LogP contribution is 2.24. The second-order valence-electron chi connectivity index (χ2n) is 5.75.